The van der Waals surface area contributed by atoms with Crippen molar-refractivity contribution in [2.75, 3.05) is 19.0 Å². The Morgan fingerprint density at radius 1 is 1.29 bits per heavy atom. The number of amides is 2. The molecule has 21 heavy (non-hydrogen) atoms. The molecule has 0 aromatic heterocycles. The number of carbonyl (C=O) groups excluding carboxylic acids is 2. The first-order valence-corrected chi connectivity index (χ1v) is 6.93. The van der Waals surface area contributed by atoms with E-state index in [0.717, 1.165) is 19.3 Å². The summed E-state index contributed by atoms with van der Waals surface area (Å²) in [4.78, 5) is 23.6. The monoisotopic (exact) mass is 296 g/mol. The fourth-order valence-corrected chi connectivity index (χ4v) is 1.84. The Morgan fingerprint density at radius 2 is 2.00 bits per heavy atom. The lowest BCUT2D eigenvalue weighted by Crippen LogP contribution is -2.44. The van der Waals surface area contributed by atoms with Crippen molar-refractivity contribution >= 4 is 17.5 Å². The maximum atomic E-state index is 13.4. The van der Waals surface area contributed by atoms with E-state index in [1.165, 1.54) is 25.3 Å². The van der Waals surface area contributed by atoms with Gasteiger partial charge in [-0.25, -0.2) is 4.39 Å². The Kier molecular flexibility index (Phi) is 7.39. The number of unbranched alkanes of at least 4 members (excludes halogenated alkanes) is 1. The summed E-state index contributed by atoms with van der Waals surface area (Å²) >= 11 is 0. The van der Waals surface area contributed by atoms with Crippen molar-refractivity contribution in [3.8, 4) is 0 Å². The van der Waals surface area contributed by atoms with Crippen LogP contribution in [0.4, 0.5) is 10.1 Å². The van der Waals surface area contributed by atoms with Gasteiger partial charge in [0.15, 0.2) is 0 Å². The summed E-state index contributed by atoms with van der Waals surface area (Å²) in [6.45, 7) is 2.37. The summed E-state index contributed by atoms with van der Waals surface area (Å²) in [6.07, 6.45) is 2.63. The fraction of sp³-hybridized carbons (Fsp3) is 0.467. The van der Waals surface area contributed by atoms with Crippen LogP contribution >= 0.6 is 0 Å². The van der Waals surface area contributed by atoms with Gasteiger partial charge < -0.3 is 15.4 Å². The van der Waals surface area contributed by atoms with Crippen molar-refractivity contribution in [2.24, 2.45) is 0 Å². The number of nitrogens with one attached hydrogen (secondary N) is 2. The third-order valence-electron chi connectivity index (χ3n) is 2.94. The summed E-state index contributed by atoms with van der Waals surface area (Å²) in [7, 11) is 1.53. The van der Waals surface area contributed by atoms with Gasteiger partial charge in [-0.2, -0.15) is 0 Å². The number of rotatable bonds is 7. The average Bonchev–Trinajstić information content (AvgIpc) is 2.47. The van der Waals surface area contributed by atoms with Gasteiger partial charge in [0.2, 0.25) is 0 Å². The summed E-state index contributed by atoms with van der Waals surface area (Å²) < 4.78 is 18.4. The van der Waals surface area contributed by atoms with Gasteiger partial charge in [0.25, 0.3) is 0 Å². The van der Waals surface area contributed by atoms with Gasteiger partial charge in [-0.3, -0.25) is 9.59 Å². The molecule has 1 atom stereocenters. The molecular formula is C15H21FN2O3. The van der Waals surface area contributed by atoms with Gasteiger partial charge in [-0.15, -0.1) is 0 Å². The van der Waals surface area contributed by atoms with Crippen molar-refractivity contribution in [3.05, 3.63) is 30.1 Å². The molecule has 6 heteroatoms. The third kappa shape index (κ3) is 5.91. The highest BCUT2D eigenvalue weighted by Crippen LogP contribution is 2.12. The molecule has 116 valence electrons. The van der Waals surface area contributed by atoms with Crippen molar-refractivity contribution in [1.82, 2.24) is 5.32 Å². The lowest BCUT2D eigenvalue weighted by Gasteiger charge is -2.17. The molecule has 0 radical (unpaired) electrons. The van der Waals surface area contributed by atoms with Crippen LogP contribution in [-0.2, 0) is 14.3 Å². The van der Waals surface area contributed by atoms with E-state index in [9.17, 15) is 14.0 Å². The molecule has 0 heterocycles. The molecule has 0 unspecified atom stereocenters. The zero-order valence-corrected chi connectivity index (χ0v) is 12.3. The SMILES string of the molecule is CCCC[C@H](COC)NC(=O)C(=O)Nc1ccccc1F. The van der Waals surface area contributed by atoms with Crippen LogP contribution in [0.15, 0.2) is 24.3 Å². The number of halogens is 1. The minimum Gasteiger partial charge on any atom is -0.383 e. The molecule has 2 amide bonds. The molecule has 0 fully saturated rings. The molecule has 1 aromatic rings. The Morgan fingerprint density at radius 3 is 2.62 bits per heavy atom. The minimum atomic E-state index is -0.891. The van der Waals surface area contributed by atoms with Crippen LogP contribution in [0.3, 0.4) is 0 Å². The second kappa shape index (κ2) is 9.07. The number of hydrogen-bond acceptors (Lipinski definition) is 3. The quantitative estimate of drug-likeness (QED) is 0.757. The van der Waals surface area contributed by atoms with Gasteiger partial charge in [-0.05, 0) is 18.6 Å². The maximum Gasteiger partial charge on any atom is 0.313 e. The van der Waals surface area contributed by atoms with Crippen molar-refractivity contribution in [3.63, 3.8) is 0 Å². The Hall–Kier alpha value is -1.95. The highest BCUT2D eigenvalue weighted by molar-refractivity contribution is 6.39. The summed E-state index contributed by atoms with van der Waals surface area (Å²) in [5.41, 5.74) is -0.0190. The number of carbonyl (C=O) groups is 2. The molecule has 2 N–H and O–H groups in total. The zero-order chi connectivity index (χ0) is 15.7. The van der Waals surface area contributed by atoms with Crippen LogP contribution < -0.4 is 10.6 Å². The van der Waals surface area contributed by atoms with E-state index in [4.69, 9.17) is 4.74 Å². The number of anilines is 1. The molecule has 0 bridgehead atoms. The van der Waals surface area contributed by atoms with Crippen LogP contribution in [-0.4, -0.2) is 31.6 Å². The molecule has 1 aromatic carbocycles. The first-order chi connectivity index (χ1) is 10.1. The van der Waals surface area contributed by atoms with Gasteiger partial charge >= 0.3 is 11.8 Å². The van der Waals surface area contributed by atoms with E-state index >= 15 is 0 Å². The number of ether oxygens (including phenoxy) is 1. The van der Waals surface area contributed by atoms with Crippen LogP contribution in [0.2, 0.25) is 0 Å². The molecule has 0 aliphatic carbocycles. The first-order valence-electron chi connectivity index (χ1n) is 6.93. The predicted octanol–water partition coefficient (Wildman–Crippen LogP) is 2.09. The number of benzene rings is 1. The van der Waals surface area contributed by atoms with E-state index < -0.39 is 17.6 Å². The van der Waals surface area contributed by atoms with Crippen LogP contribution in [0.1, 0.15) is 26.2 Å². The van der Waals surface area contributed by atoms with Crippen LogP contribution in [0, 0.1) is 5.82 Å². The van der Waals surface area contributed by atoms with E-state index in [2.05, 4.69) is 10.6 Å². The summed E-state index contributed by atoms with van der Waals surface area (Å²) in [6, 6.07) is 5.46. The smallest absolute Gasteiger partial charge is 0.313 e. The molecule has 0 saturated carbocycles. The first kappa shape index (κ1) is 17.1. The highest BCUT2D eigenvalue weighted by atomic mass is 19.1. The second-order valence-electron chi connectivity index (χ2n) is 4.70. The van der Waals surface area contributed by atoms with Crippen LogP contribution in [0.25, 0.3) is 0 Å². The largest absolute Gasteiger partial charge is 0.383 e. The molecule has 0 aliphatic rings. The lowest BCUT2D eigenvalue weighted by atomic mass is 10.1. The standard InChI is InChI=1S/C15H21FN2O3/c1-3-4-7-11(10-21-2)17-14(19)15(20)18-13-9-6-5-8-12(13)16/h5-6,8-9,11H,3-4,7,10H2,1-2H3,(H,17,19)(H,18,20)/t11-/m1/s1. The van der Waals surface area contributed by atoms with E-state index in [1.54, 1.807) is 6.07 Å². The van der Waals surface area contributed by atoms with E-state index in [1.807, 2.05) is 6.92 Å². The topological polar surface area (TPSA) is 67.4 Å². The second-order valence-corrected chi connectivity index (χ2v) is 4.70. The Labute approximate surface area is 123 Å². The van der Waals surface area contributed by atoms with Gasteiger partial charge in [0.05, 0.1) is 18.3 Å². The molecule has 1 rings (SSSR count). The highest BCUT2D eigenvalue weighted by Gasteiger charge is 2.19. The summed E-state index contributed by atoms with van der Waals surface area (Å²) in [5.74, 6) is -2.27. The lowest BCUT2D eigenvalue weighted by molar-refractivity contribution is -0.136. The maximum absolute atomic E-state index is 13.4. The molecule has 0 saturated heterocycles. The molecular weight excluding hydrogens is 275 g/mol. The van der Waals surface area contributed by atoms with Gasteiger partial charge in [0.1, 0.15) is 5.82 Å². The van der Waals surface area contributed by atoms with Crippen molar-refractivity contribution in [2.45, 2.75) is 32.2 Å². The average molecular weight is 296 g/mol. The minimum absolute atomic E-state index is 0.0190. The molecule has 0 spiro atoms. The number of methoxy groups -OCH3 is 1. The molecule has 0 aliphatic heterocycles. The van der Waals surface area contributed by atoms with Crippen molar-refractivity contribution in [1.29, 1.82) is 0 Å². The van der Waals surface area contributed by atoms with Crippen LogP contribution in [0.5, 0.6) is 0 Å². The third-order valence-corrected chi connectivity index (χ3v) is 2.94. The number of para-hydroxylation sites is 1. The normalized spacial score (nSPS) is 11.8. The number of hydrogen-bond donors (Lipinski definition) is 2. The summed E-state index contributed by atoms with van der Waals surface area (Å²) in [5, 5.41) is 4.84. The van der Waals surface area contributed by atoms with Gasteiger partial charge in [-0.1, -0.05) is 31.9 Å². The molecule has 5 nitrogen and oxygen atoms in total. The van der Waals surface area contributed by atoms with Crippen molar-refractivity contribution < 1.29 is 18.7 Å². The fourth-order valence-electron chi connectivity index (χ4n) is 1.84. The van der Waals surface area contributed by atoms with E-state index in [0.29, 0.717) is 6.61 Å². The van der Waals surface area contributed by atoms with Gasteiger partial charge in [0, 0.05) is 7.11 Å². The predicted molar refractivity (Wildman–Crippen MR) is 78.4 cm³/mol. The zero-order valence-electron chi connectivity index (χ0n) is 12.3. The Bertz CT molecular complexity index is 480. The van der Waals surface area contributed by atoms with E-state index in [-0.39, 0.29) is 11.7 Å². The Balaban J connectivity index is 2.56.